The minimum absolute atomic E-state index is 0. The van der Waals surface area contributed by atoms with Crippen molar-refractivity contribution in [3.63, 3.8) is 0 Å². The fraction of sp³-hybridized carbons (Fsp3) is 0.923. The third-order valence-corrected chi connectivity index (χ3v) is 3.94. The molecule has 19 heavy (non-hydrogen) atoms. The average Bonchev–Trinajstić information content (AvgIpc) is 2.38. The van der Waals surface area contributed by atoms with Crippen LogP contribution in [0.4, 0.5) is 0 Å². The predicted molar refractivity (Wildman–Crippen MR) is 89.2 cm³/mol. The second kappa shape index (κ2) is 7.64. The Hall–Kier alpha value is -0.0800. The van der Waals surface area contributed by atoms with Gasteiger partial charge in [-0.1, -0.05) is 0 Å². The quantitative estimate of drug-likeness (QED) is 0.632. The SMILES string of the molecule is CC(C)N1CCC(O)(CNC2=NCCCN2)CC1.I. The molecular formula is C13H27IN4O. The van der Waals surface area contributed by atoms with Crippen molar-refractivity contribution in [1.82, 2.24) is 15.5 Å². The summed E-state index contributed by atoms with van der Waals surface area (Å²) in [5.74, 6) is 0.848. The lowest BCUT2D eigenvalue weighted by atomic mass is 9.91. The van der Waals surface area contributed by atoms with Crippen LogP contribution in [0.1, 0.15) is 33.1 Å². The molecule has 0 aromatic heterocycles. The van der Waals surface area contributed by atoms with Crippen molar-refractivity contribution in [1.29, 1.82) is 0 Å². The van der Waals surface area contributed by atoms with Crippen LogP contribution in [-0.2, 0) is 0 Å². The molecule has 6 heteroatoms. The van der Waals surface area contributed by atoms with Gasteiger partial charge in [0.25, 0.3) is 0 Å². The summed E-state index contributed by atoms with van der Waals surface area (Å²) in [6.07, 6.45) is 2.77. The summed E-state index contributed by atoms with van der Waals surface area (Å²) < 4.78 is 0. The molecule has 2 rings (SSSR count). The van der Waals surface area contributed by atoms with Crippen LogP contribution in [0.2, 0.25) is 0 Å². The van der Waals surface area contributed by atoms with E-state index in [-0.39, 0.29) is 24.0 Å². The van der Waals surface area contributed by atoms with Gasteiger partial charge in [-0.25, -0.2) is 0 Å². The van der Waals surface area contributed by atoms with Gasteiger partial charge in [-0.3, -0.25) is 4.99 Å². The minimum Gasteiger partial charge on any atom is -0.388 e. The number of nitrogens with zero attached hydrogens (tertiary/aromatic N) is 2. The van der Waals surface area contributed by atoms with Crippen LogP contribution in [0.5, 0.6) is 0 Å². The van der Waals surface area contributed by atoms with Gasteiger partial charge in [0.1, 0.15) is 0 Å². The number of rotatable bonds is 3. The highest BCUT2D eigenvalue weighted by Gasteiger charge is 2.33. The fourth-order valence-corrected chi connectivity index (χ4v) is 2.53. The molecular weight excluding hydrogens is 355 g/mol. The summed E-state index contributed by atoms with van der Waals surface area (Å²) in [4.78, 5) is 6.78. The van der Waals surface area contributed by atoms with Gasteiger partial charge in [0.15, 0.2) is 5.96 Å². The number of likely N-dealkylation sites (tertiary alicyclic amines) is 1. The number of hydrogen-bond donors (Lipinski definition) is 3. The van der Waals surface area contributed by atoms with E-state index in [1.54, 1.807) is 0 Å². The molecule has 0 atom stereocenters. The molecule has 2 heterocycles. The first-order valence-electron chi connectivity index (χ1n) is 7.08. The number of halogens is 1. The van der Waals surface area contributed by atoms with Crippen LogP contribution < -0.4 is 10.6 Å². The number of guanidine groups is 1. The van der Waals surface area contributed by atoms with E-state index in [9.17, 15) is 5.11 Å². The number of aliphatic imine (C=N–C) groups is 1. The minimum atomic E-state index is -0.576. The Balaban J connectivity index is 0.00000180. The molecule has 112 valence electrons. The van der Waals surface area contributed by atoms with Gasteiger partial charge < -0.3 is 20.6 Å². The Morgan fingerprint density at radius 3 is 2.63 bits per heavy atom. The van der Waals surface area contributed by atoms with E-state index >= 15 is 0 Å². The maximum absolute atomic E-state index is 10.5. The molecule has 0 unspecified atom stereocenters. The summed E-state index contributed by atoms with van der Waals surface area (Å²) in [6, 6.07) is 0.576. The highest BCUT2D eigenvalue weighted by Crippen LogP contribution is 2.22. The van der Waals surface area contributed by atoms with Crippen molar-refractivity contribution in [2.75, 3.05) is 32.7 Å². The van der Waals surface area contributed by atoms with E-state index < -0.39 is 5.60 Å². The summed E-state index contributed by atoms with van der Waals surface area (Å²) in [5, 5.41) is 17.0. The first kappa shape index (κ1) is 17.0. The molecule has 2 aliphatic rings. The van der Waals surface area contributed by atoms with Crippen molar-refractivity contribution in [3.8, 4) is 0 Å². The third-order valence-electron chi connectivity index (χ3n) is 3.94. The second-order valence-electron chi connectivity index (χ2n) is 5.72. The van der Waals surface area contributed by atoms with E-state index in [4.69, 9.17) is 0 Å². The molecule has 0 bridgehead atoms. The fourth-order valence-electron chi connectivity index (χ4n) is 2.53. The lowest BCUT2D eigenvalue weighted by Crippen LogP contribution is -2.54. The van der Waals surface area contributed by atoms with Gasteiger partial charge in [-0.2, -0.15) is 0 Å². The molecule has 0 aromatic rings. The molecule has 3 N–H and O–H groups in total. The van der Waals surface area contributed by atoms with Crippen LogP contribution in [0.3, 0.4) is 0 Å². The van der Waals surface area contributed by atoms with Crippen molar-refractivity contribution in [3.05, 3.63) is 0 Å². The molecule has 1 fully saturated rings. The zero-order valence-corrected chi connectivity index (χ0v) is 14.3. The smallest absolute Gasteiger partial charge is 0.191 e. The summed E-state index contributed by atoms with van der Waals surface area (Å²) >= 11 is 0. The molecule has 0 aromatic carbocycles. The number of aliphatic hydroxyl groups is 1. The van der Waals surface area contributed by atoms with Crippen molar-refractivity contribution in [2.24, 2.45) is 4.99 Å². The van der Waals surface area contributed by atoms with Crippen LogP contribution in [-0.4, -0.2) is 60.3 Å². The molecule has 2 aliphatic heterocycles. The molecule has 0 spiro atoms. The number of piperidine rings is 1. The molecule has 0 saturated carbocycles. The van der Waals surface area contributed by atoms with Crippen molar-refractivity contribution < 1.29 is 5.11 Å². The molecule has 0 amide bonds. The second-order valence-corrected chi connectivity index (χ2v) is 5.72. The Morgan fingerprint density at radius 2 is 2.11 bits per heavy atom. The first-order chi connectivity index (χ1) is 8.59. The number of nitrogens with one attached hydrogen (secondary N) is 2. The van der Waals surface area contributed by atoms with Crippen LogP contribution in [0.25, 0.3) is 0 Å². The summed E-state index contributed by atoms with van der Waals surface area (Å²) in [6.45, 7) is 8.85. The first-order valence-corrected chi connectivity index (χ1v) is 7.08. The highest BCUT2D eigenvalue weighted by atomic mass is 127. The van der Waals surface area contributed by atoms with Gasteiger partial charge in [0, 0.05) is 38.8 Å². The predicted octanol–water partition coefficient (Wildman–Crippen LogP) is 0.779. The lowest BCUT2D eigenvalue weighted by molar-refractivity contribution is -0.0235. The Kier molecular flexibility index (Phi) is 6.82. The van der Waals surface area contributed by atoms with E-state index in [0.717, 1.165) is 51.4 Å². The van der Waals surface area contributed by atoms with E-state index in [1.165, 1.54) is 0 Å². The summed E-state index contributed by atoms with van der Waals surface area (Å²) in [7, 11) is 0. The lowest BCUT2D eigenvalue weighted by Gasteiger charge is -2.40. The Morgan fingerprint density at radius 1 is 1.42 bits per heavy atom. The monoisotopic (exact) mass is 382 g/mol. The van der Waals surface area contributed by atoms with Crippen molar-refractivity contribution >= 4 is 29.9 Å². The third kappa shape index (κ3) is 5.07. The normalized spacial score (nSPS) is 23.3. The zero-order valence-electron chi connectivity index (χ0n) is 12.0. The largest absolute Gasteiger partial charge is 0.388 e. The van der Waals surface area contributed by atoms with E-state index in [2.05, 4.69) is 34.4 Å². The topological polar surface area (TPSA) is 59.9 Å². The molecule has 1 saturated heterocycles. The van der Waals surface area contributed by atoms with Crippen molar-refractivity contribution in [2.45, 2.75) is 44.8 Å². The van der Waals surface area contributed by atoms with Gasteiger partial charge in [0.2, 0.25) is 0 Å². The Bertz CT molecular complexity index is 301. The zero-order chi connectivity index (χ0) is 13.0. The van der Waals surface area contributed by atoms with Gasteiger partial charge >= 0.3 is 0 Å². The Labute approximate surface area is 133 Å². The molecule has 0 aliphatic carbocycles. The van der Waals surface area contributed by atoms with Gasteiger partial charge in [0.05, 0.1) is 5.60 Å². The van der Waals surface area contributed by atoms with Crippen LogP contribution in [0, 0.1) is 0 Å². The average molecular weight is 382 g/mol. The van der Waals surface area contributed by atoms with Gasteiger partial charge in [-0.15, -0.1) is 24.0 Å². The highest BCUT2D eigenvalue weighted by molar-refractivity contribution is 14.0. The summed E-state index contributed by atoms with van der Waals surface area (Å²) in [5.41, 5.74) is -0.576. The van der Waals surface area contributed by atoms with E-state index in [1.807, 2.05) is 0 Å². The number of hydrogen-bond acceptors (Lipinski definition) is 5. The van der Waals surface area contributed by atoms with Crippen LogP contribution >= 0.6 is 24.0 Å². The van der Waals surface area contributed by atoms with Gasteiger partial charge in [-0.05, 0) is 33.1 Å². The standard InChI is InChI=1S/C13H26N4O.HI/c1-11(2)17-8-4-13(18,5-9-17)10-16-12-14-6-3-7-15-12;/h11,18H,3-10H2,1-2H3,(H2,14,15,16);1H. The molecule has 0 radical (unpaired) electrons. The maximum atomic E-state index is 10.5. The van der Waals surface area contributed by atoms with Crippen LogP contribution in [0.15, 0.2) is 4.99 Å². The molecule has 5 nitrogen and oxygen atoms in total. The van der Waals surface area contributed by atoms with E-state index in [0.29, 0.717) is 12.6 Å². The maximum Gasteiger partial charge on any atom is 0.191 e.